The molecule has 22 heavy (non-hydrogen) atoms. The van der Waals surface area contributed by atoms with Crippen molar-refractivity contribution in [3.63, 3.8) is 0 Å². The number of thiazole rings is 1. The molecule has 0 atom stereocenters. The molecule has 0 fully saturated rings. The van der Waals surface area contributed by atoms with E-state index < -0.39 is 10.0 Å². The molecule has 1 aliphatic carbocycles. The van der Waals surface area contributed by atoms with E-state index in [1.807, 2.05) is 24.4 Å². The number of aromatic nitrogens is 1. The third-order valence-electron chi connectivity index (χ3n) is 3.93. The van der Waals surface area contributed by atoms with Crippen molar-refractivity contribution in [3.05, 3.63) is 45.4 Å². The summed E-state index contributed by atoms with van der Waals surface area (Å²) in [5, 5.41) is 2.94. The van der Waals surface area contributed by atoms with Gasteiger partial charge in [-0.1, -0.05) is 6.07 Å². The second-order valence-electron chi connectivity index (χ2n) is 5.67. The molecule has 0 amide bonds. The third-order valence-corrected chi connectivity index (χ3v) is 6.41. The lowest BCUT2D eigenvalue weighted by molar-refractivity contribution is 0.581. The fourth-order valence-electron chi connectivity index (χ4n) is 2.77. The number of nitrogens with zero attached hydrogens (tertiary/aromatic N) is 1. The van der Waals surface area contributed by atoms with Crippen LogP contribution in [0.1, 0.15) is 34.7 Å². The number of benzene rings is 1. The summed E-state index contributed by atoms with van der Waals surface area (Å²) in [5.41, 5.74) is 3.46. The molecular formula is C16H20N2O2S2. The largest absolute Gasteiger partial charge is 0.247 e. The zero-order chi connectivity index (χ0) is 15.6. The van der Waals surface area contributed by atoms with E-state index in [4.69, 9.17) is 0 Å². The topological polar surface area (TPSA) is 59.1 Å². The Balaban J connectivity index is 1.67. The van der Waals surface area contributed by atoms with Gasteiger partial charge in [-0.25, -0.2) is 18.1 Å². The molecule has 0 unspecified atom stereocenters. The quantitative estimate of drug-likeness (QED) is 0.913. The maximum Gasteiger partial charge on any atom is 0.240 e. The van der Waals surface area contributed by atoms with Gasteiger partial charge in [0.05, 0.1) is 9.90 Å². The van der Waals surface area contributed by atoms with Crippen LogP contribution in [0.3, 0.4) is 0 Å². The molecular weight excluding hydrogens is 316 g/mol. The maximum absolute atomic E-state index is 12.4. The Labute approximate surface area is 135 Å². The lowest BCUT2D eigenvalue weighted by atomic mass is 9.92. The van der Waals surface area contributed by atoms with Gasteiger partial charge in [0.1, 0.15) is 0 Å². The van der Waals surface area contributed by atoms with Gasteiger partial charge in [0.25, 0.3) is 0 Å². The van der Waals surface area contributed by atoms with Crippen LogP contribution in [0.25, 0.3) is 0 Å². The van der Waals surface area contributed by atoms with Crippen LogP contribution in [0.2, 0.25) is 0 Å². The fourth-order valence-corrected chi connectivity index (χ4v) is 4.63. The van der Waals surface area contributed by atoms with Gasteiger partial charge in [-0.2, -0.15) is 0 Å². The molecule has 2 aromatic rings. The van der Waals surface area contributed by atoms with Crippen molar-refractivity contribution >= 4 is 21.4 Å². The molecule has 1 aromatic heterocycles. The van der Waals surface area contributed by atoms with Crippen LogP contribution in [0.15, 0.2) is 28.5 Å². The highest BCUT2D eigenvalue weighted by Crippen LogP contribution is 2.24. The van der Waals surface area contributed by atoms with E-state index in [-0.39, 0.29) is 0 Å². The monoisotopic (exact) mass is 336 g/mol. The summed E-state index contributed by atoms with van der Waals surface area (Å²) in [6.45, 7) is 2.32. The van der Waals surface area contributed by atoms with Crippen molar-refractivity contribution in [3.8, 4) is 0 Å². The second-order valence-corrected chi connectivity index (χ2v) is 8.38. The van der Waals surface area contributed by atoms with Crippen LogP contribution in [0.5, 0.6) is 0 Å². The van der Waals surface area contributed by atoms with Gasteiger partial charge in [0, 0.05) is 24.0 Å². The standard InChI is InChI=1S/C16H20N2O2S2/c1-12-11-21-16(18-12)8-9-17-22(19,20)15-7-6-13-4-2-3-5-14(13)10-15/h6-7,10-11,17H,2-5,8-9H2,1H3. The van der Waals surface area contributed by atoms with Gasteiger partial charge in [-0.05, 0) is 55.9 Å². The van der Waals surface area contributed by atoms with Crippen LogP contribution < -0.4 is 4.72 Å². The van der Waals surface area contributed by atoms with Crippen LogP contribution in [0, 0.1) is 6.92 Å². The van der Waals surface area contributed by atoms with E-state index in [1.54, 1.807) is 17.4 Å². The molecule has 118 valence electrons. The highest BCUT2D eigenvalue weighted by Gasteiger charge is 2.17. The predicted octanol–water partition coefficient (Wildman–Crippen LogP) is 2.85. The first-order chi connectivity index (χ1) is 10.5. The number of sulfonamides is 1. The van der Waals surface area contributed by atoms with Crippen LogP contribution in [-0.4, -0.2) is 19.9 Å². The number of fused-ring (bicyclic) bond motifs is 1. The van der Waals surface area contributed by atoms with E-state index in [9.17, 15) is 8.42 Å². The van der Waals surface area contributed by atoms with E-state index in [0.29, 0.717) is 17.9 Å². The molecule has 1 N–H and O–H groups in total. The van der Waals surface area contributed by atoms with Gasteiger partial charge < -0.3 is 0 Å². The van der Waals surface area contributed by atoms with Crippen molar-refractivity contribution in [2.45, 2.75) is 43.9 Å². The van der Waals surface area contributed by atoms with E-state index in [2.05, 4.69) is 9.71 Å². The summed E-state index contributed by atoms with van der Waals surface area (Å²) >= 11 is 1.57. The van der Waals surface area contributed by atoms with Crippen molar-refractivity contribution < 1.29 is 8.42 Å². The van der Waals surface area contributed by atoms with Crippen molar-refractivity contribution in [1.29, 1.82) is 0 Å². The molecule has 1 aliphatic rings. The normalized spacial score (nSPS) is 14.8. The highest BCUT2D eigenvalue weighted by atomic mass is 32.2. The first-order valence-corrected chi connectivity index (χ1v) is 9.93. The van der Waals surface area contributed by atoms with Crippen molar-refractivity contribution in [1.82, 2.24) is 9.71 Å². The molecule has 0 aliphatic heterocycles. The predicted molar refractivity (Wildman–Crippen MR) is 88.8 cm³/mol. The molecule has 1 aromatic carbocycles. The number of rotatable bonds is 5. The van der Waals surface area contributed by atoms with Crippen LogP contribution in [0.4, 0.5) is 0 Å². The Morgan fingerprint density at radius 2 is 2.00 bits per heavy atom. The van der Waals surface area contributed by atoms with Gasteiger partial charge in [-0.15, -0.1) is 11.3 Å². The maximum atomic E-state index is 12.4. The van der Waals surface area contributed by atoms with Gasteiger partial charge in [0.2, 0.25) is 10.0 Å². The Bertz CT molecular complexity index is 766. The average molecular weight is 336 g/mol. The average Bonchev–Trinajstić information content (AvgIpc) is 2.92. The van der Waals surface area contributed by atoms with Gasteiger partial charge in [-0.3, -0.25) is 0 Å². The molecule has 0 bridgehead atoms. The van der Waals surface area contributed by atoms with E-state index in [1.165, 1.54) is 17.5 Å². The Morgan fingerprint density at radius 1 is 1.23 bits per heavy atom. The number of hydrogen-bond donors (Lipinski definition) is 1. The summed E-state index contributed by atoms with van der Waals surface area (Å²) in [5.74, 6) is 0. The SMILES string of the molecule is Cc1csc(CCNS(=O)(=O)c2ccc3c(c2)CCCC3)n1. The molecule has 1 heterocycles. The van der Waals surface area contributed by atoms with Gasteiger partial charge >= 0.3 is 0 Å². The van der Waals surface area contributed by atoms with Crippen molar-refractivity contribution in [2.24, 2.45) is 0 Å². The van der Waals surface area contributed by atoms with Crippen LogP contribution >= 0.6 is 11.3 Å². The zero-order valence-electron chi connectivity index (χ0n) is 12.6. The first kappa shape index (κ1) is 15.6. The first-order valence-electron chi connectivity index (χ1n) is 7.57. The summed E-state index contributed by atoms with van der Waals surface area (Å²) in [6, 6.07) is 5.53. The molecule has 4 nitrogen and oxygen atoms in total. The van der Waals surface area contributed by atoms with Crippen molar-refractivity contribution in [2.75, 3.05) is 6.54 Å². The van der Waals surface area contributed by atoms with Gasteiger partial charge in [0.15, 0.2) is 0 Å². The number of aryl methyl sites for hydroxylation is 3. The highest BCUT2D eigenvalue weighted by molar-refractivity contribution is 7.89. The van der Waals surface area contributed by atoms with Crippen LogP contribution in [-0.2, 0) is 29.3 Å². The second kappa shape index (κ2) is 6.48. The number of hydrogen-bond acceptors (Lipinski definition) is 4. The smallest absolute Gasteiger partial charge is 0.240 e. The summed E-state index contributed by atoms with van der Waals surface area (Å²) < 4.78 is 27.4. The minimum absolute atomic E-state index is 0.378. The van der Waals surface area contributed by atoms with E-state index >= 15 is 0 Å². The molecule has 0 radical (unpaired) electrons. The Morgan fingerprint density at radius 3 is 2.73 bits per heavy atom. The molecule has 0 spiro atoms. The summed E-state index contributed by atoms with van der Waals surface area (Å²) in [7, 11) is -3.43. The lowest BCUT2D eigenvalue weighted by Gasteiger charge is -2.16. The Hall–Kier alpha value is -1.24. The number of nitrogens with one attached hydrogen (secondary N) is 1. The zero-order valence-corrected chi connectivity index (χ0v) is 14.3. The third kappa shape index (κ3) is 3.56. The summed E-state index contributed by atoms with van der Waals surface area (Å²) in [6.07, 6.45) is 5.02. The fraction of sp³-hybridized carbons (Fsp3) is 0.438. The summed E-state index contributed by atoms with van der Waals surface area (Å²) in [4.78, 5) is 4.72. The molecule has 0 saturated carbocycles. The minimum Gasteiger partial charge on any atom is -0.247 e. The minimum atomic E-state index is -3.43. The molecule has 3 rings (SSSR count). The molecule has 6 heteroatoms. The Kier molecular flexibility index (Phi) is 4.61. The lowest BCUT2D eigenvalue weighted by Crippen LogP contribution is -2.26. The molecule has 0 saturated heterocycles. The van der Waals surface area contributed by atoms with E-state index in [0.717, 1.165) is 30.0 Å².